The molecule has 0 saturated carbocycles. The Hall–Kier alpha value is -1.90. The van der Waals surface area contributed by atoms with Gasteiger partial charge in [0.2, 0.25) is 11.8 Å². The third kappa shape index (κ3) is 6.55. The number of likely N-dealkylation sites (N-methyl/N-ethyl adjacent to an activating group) is 1. The van der Waals surface area contributed by atoms with Crippen LogP contribution in [-0.4, -0.2) is 35.6 Å². The summed E-state index contributed by atoms with van der Waals surface area (Å²) >= 11 is 13.2. The molecule has 1 N–H and O–H groups in total. The van der Waals surface area contributed by atoms with Crippen molar-refractivity contribution in [3.8, 4) is 0 Å². The normalized spacial score (nSPS) is 12.4. The highest BCUT2D eigenvalue weighted by Gasteiger charge is 2.33. The first kappa shape index (κ1) is 23.4. The zero-order chi connectivity index (χ0) is 21.8. The number of anilines is 1. The van der Waals surface area contributed by atoms with E-state index in [0.29, 0.717) is 14.9 Å². The second-order valence-electron chi connectivity index (χ2n) is 6.12. The Kier molecular flexibility index (Phi) is 7.85. The molecule has 2 amide bonds. The number of hydrogen-bond acceptors (Lipinski definition) is 3. The Morgan fingerprint density at radius 3 is 2.48 bits per heavy atom. The molecule has 4 nitrogen and oxygen atoms in total. The third-order valence-corrected chi connectivity index (χ3v) is 5.63. The highest BCUT2D eigenvalue weighted by molar-refractivity contribution is 8.00. The van der Waals surface area contributed by atoms with Crippen molar-refractivity contribution in [1.29, 1.82) is 0 Å². The molecule has 0 aliphatic rings. The Labute approximate surface area is 180 Å². The lowest BCUT2D eigenvalue weighted by atomic mass is 10.1. The zero-order valence-corrected chi connectivity index (χ0v) is 17.7. The van der Waals surface area contributed by atoms with Gasteiger partial charge >= 0.3 is 6.18 Å². The molecule has 0 aliphatic carbocycles. The Bertz CT molecular complexity index is 909. The van der Waals surface area contributed by atoms with E-state index in [1.165, 1.54) is 30.9 Å². The lowest BCUT2D eigenvalue weighted by Gasteiger charge is -2.21. The van der Waals surface area contributed by atoms with Crippen molar-refractivity contribution in [3.05, 3.63) is 58.1 Å². The van der Waals surface area contributed by atoms with Crippen molar-refractivity contribution in [2.45, 2.75) is 23.2 Å². The van der Waals surface area contributed by atoms with Crippen molar-refractivity contribution >= 4 is 52.5 Å². The van der Waals surface area contributed by atoms with Crippen molar-refractivity contribution in [3.63, 3.8) is 0 Å². The number of thioether (sulfide) groups is 1. The van der Waals surface area contributed by atoms with Crippen LogP contribution in [0.1, 0.15) is 12.5 Å². The second-order valence-corrected chi connectivity index (χ2v) is 8.35. The zero-order valence-electron chi connectivity index (χ0n) is 15.4. The molecule has 2 aromatic rings. The van der Waals surface area contributed by atoms with E-state index >= 15 is 0 Å². The highest BCUT2D eigenvalue weighted by atomic mass is 35.5. The Morgan fingerprint density at radius 1 is 1.17 bits per heavy atom. The molecule has 10 heteroatoms. The van der Waals surface area contributed by atoms with Crippen LogP contribution in [-0.2, 0) is 15.8 Å². The van der Waals surface area contributed by atoms with Crippen LogP contribution in [0.4, 0.5) is 18.9 Å². The lowest BCUT2D eigenvalue weighted by Crippen LogP contribution is -2.39. The van der Waals surface area contributed by atoms with Gasteiger partial charge in [-0.05, 0) is 37.3 Å². The maximum absolute atomic E-state index is 13.0. The van der Waals surface area contributed by atoms with Crippen molar-refractivity contribution in [2.24, 2.45) is 0 Å². The number of benzene rings is 2. The summed E-state index contributed by atoms with van der Waals surface area (Å²) in [4.78, 5) is 26.4. The van der Waals surface area contributed by atoms with Crippen LogP contribution in [0.25, 0.3) is 0 Å². The van der Waals surface area contributed by atoms with Gasteiger partial charge in [0.1, 0.15) is 0 Å². The molecule has 1 unspecified atom stereocenters. The summed E-state index contributed by atoms with van der Waals surface area (Å²) < 4.78 is 39.1. The molecule has 1 atom stereocenters. The predicted molar refractivity (Wildman–Crippen MR) is 109 cm³/mol. The van der Waals surface area contributed by atoms with Gasteiger partial charge in [-0.1, -0.05) is 35.3 Å². The molecule has 0 radical (unpaired) electrons. The number of carbonyl (C=O) groups excluding carboxylic acids is 2. The molecule has 0 aromatic heterocycles. The molecule has 156 valence electrons. The summed E-state index contributed by atoms with van der Waals surface area (Å²) in [6.45, 7) is 1.23. The SMILES string of the molecule is CC(Sc1cc(Cl)ccc1Cl)C(=O)N(C)CC(=O)Nc1ccccc1C(F)(F)F. The minimum absolute atomic E-state index is 0.362. The van der Waals surface area contributed by atoms with Gasteiger partial charge < -0.3 is 10.2 Å². The van der Waals surface area contributed by atoms with E-state index in [0.717, 1.165) is 17.0 Å². The second kappa shape index (κ2) is 9.73. The van der Waals surface area contributed by atoms with Crippen LogP contribution in [0.5, 0.6) is 0 Å². The van der Waals surface area contributed by atoms with E-state index in [2.05, 4.69) is 5.32 Å². The van der Waals surface area contributed by atoms with Gasteiger partial charge in [-0.15, -0.1) is 11.8 Å². The fourth-order valence-electron chi connectivity index (χ4n) is 2.44. The summed E-state index contributed by atoms with van der Waals surface area (Å²) in [5.41, 5.74) is -1.32. The molecular weight excluding hydrogens is 448 g/mol. The van der Waals surface area contributed by atoms with Gasteiger partial charge in [0.05, 0.1) is 28.1 Å². The highest BCUT2D eigenvalue weighted by Crippen LogP contribution is 2.35. The summed E-state index contributed by atoms with van der Waals surface area (Å²) in [6, 6.07) is 9.49. The average Bonchev–Trinajstić information content (AvgIpc) is 2.63. The fourth-order valence-corrected chi connectivity index (χ4v) is 3.97. The minimum Gasteiger partial charge on any atom is -0.335 e. The summed E-state index contributed by atoms with van der Waals surface area (Å²) in [5.74, 6) is -1.12. The smallest absolute Gasteiger partial charge is 0.335 e. The van der Waals surface area contributed by atoms with E-state index in [9.17, 15) is 22.8 Å². The van der Waals surface area contributed by atoms with E-state index in [1.807, 2.05) is 0 Å². The van der Waals surface area contributed by atoms with Gasteiger partial charge in [0, 0.05) is 17.0 Å². The van der Waals surface area contributed by atoms with Crippen molar-refractivity contribution in [1.82, 2.24) is 4.90 Å². The van der Waals surface area contributed by atoms with E-state index in [-0.39, 0.29) is 11.6 Å². The average molecular weight is 465 g/mol. The number of nitrogens with one attached hydrogen (secondary N) is 1. The van der Waals surface area contributed by atoms with E-state index in [4.69, 9.17) is 23.2 Å². The van der Waals surface area contributed by atoms with Crippen LogP contribution in [0.3, 0.4) is 0 Å². The molecular formula is C19H17Cl2F3N2O2S. The molecule has 2 aromatic carbocycles. The van der Waals surface area contributed by atoms with Crippen LogP contribution in [0, 0.1) is 0 Å². The first-order chi connectivity index (χ1) is 13.5. The van der Waals surface area contributed by atoms with Crippen LogP contribution in [0.2, 0.25) is 10.0 Å². The molecule has 0 spiro atoms. The Morgan fingerprint density at radius 2 is 1.83 bits per heavy atom. The molecule has 0 fully saturated rings. The van der Waals surface area contributed by atoms with Gasteiger partial charge in [0.15, 0.2) is 0 Å². The number of carbonyl (C=O) groups is 2. The molecule has 0 aliphatic heterocycles. The molecule has 0 heterocycles. The maximum atomic E-state index is 13.0. The van der Waals surface area contributed by atoms with E-state index in [1.54, 1.807) is 25.1 Å². The molecule has 0 bridgehead atoms. The topological polar surface area (TPSA) is 49.4 Å². The van der Waals surface area contributed by atoms with Crippen LogP contribution in [0.15, 0.2) is 47.4 Å². The van der Waals surface area contributed by atoms with Gasteiger partial charge in [0.25, 0.3) is 0 Å². The minimum atomic E-state index is -4.60. The standard InChI is InChI=1S/C19H17Cl2F3N2O2S/c1-11(29-16-9-12(20)7-8-14(16)21)18(28)26(2)10-17(27)25-15-6-4-3-5-13(15)19(22,23)24/h3-9,11H,10H2,1-2H3,(H,25,27). The maximum Gasteiger partial charge on any atom is 0.418 e. The number of nitrogens with zero attached hydrogens (tertiary/aromatic N) is 1. The van der Waals surface area contributed by atoms with Gasteiger partial charge in [-0.25, -0.2) is 0 Å². The third-order valence-electron chi connectivity index (χ3n) is 3.81. The van der Waals surface area contributed by atoms with Crippen molar-refractivity contribution < 1.29 is 22.8 Å². The number of rotatable bonds is 6. The van der Waals surface area contributed by atoms with Crippen LogP contribution >= 0.6 is 35.0 Å². The largest absolute Gasteiger partial charge is 0.418 e. The molecule has 0 saturated heterocycles. The first-order valence-electron chi connectivity index (χ1n) is 8.31. The van der Waals surface area contributed by atoms with Crippen molar-refractivity contribution in [2.75, 3.05) is 18.9 Å². The first-order valence-corrected chi connectivity index (χ1v) is 9.95. The monoisotopic (exact) mass is 464 g/mol. The van der Waals surface area contributed by atoms with Crippen LogP contribution < -0.4 is 5.32 Å². The van der Waals surface area contributed by atoms with Gasteiger partial charge in [-0.3, -0.25) is 9.59 Å². The van der Waals surface area contributed by atoms with Gasteiger partial charge in [-0.2, -0.15) is 13.2 Å². The molecule has 2 rings (SSSR count). The number of alkyl halides is 3. The Balaban J connectivity index is 2.00. The summed E-state index contributed by atoms with van der Waals surface area (Å²) in [7, 11) is 1.40. The quantitative estimate of drug-likeness (QED) is 0.566. The lowest BCUT2D eigenvalue weighted by molar-refractivity contribution is -0.137. The molecule has 29 heavy (non-hydrogen) atoms. The number of amides is 2. The summed E-state index contributed by atoms with van der Waals surface area (Å²) in [6.07, 6.45) is -4.60. The predicted octanol–water partition coefficient (Wildman–Crippen LogP) is 5.59. The number of halogens is 5. The summed E-state index contributed by atoms with van der Waals surface area (Å²) in [5, 5.41) is 2.52. The van der Waals surface area contributed by atoms with E-state index < -0.39 is 29.4 Å². The number of hydrogen-bond donors (Lipinski definition) is 1. The fraction of sp³-hybridized carbons (Fsp3) is 0.263. The number of para-hydroxylation sites is 1.